The van der Waals surface area contributed by atoms with Crippen molar-refractivity contribution in [2.45, 2.75) is 38.7 Å². The quantitative estimate of drug-likeness (QED) is 0.775. The molecule has 122 valence electrons. The van der Waals surface area contributed by atoms with Gasteiger partial charge in [-0.25, -0.2) is 4.79 Å². The number of aliphatic hydroxyl groups excluding tert-OH is 1. The molecule has 0 aromatic heterocycles. The van der Waals surface area contributed by atoms with Crippen molar-refractivity contribution in [3.8, 4) is 0 Å². The Morgan fingerprint density at radius 2 is 1.96 bits per heavy atom. The average molecular weight is 316 g/mol. The maximum absolute atomic E-state index is 12.1. The van der Waals surface area contributed by atoms with Gasteiger partial charge in [-0.15, -0.1) is 0 Å². The summed E-state index contributed by atoms with van der Waals surface area (Å²) in [7, 11) is 0. The summed E-state index contributed by atoms with van der Waals surface area (Å²) in [6.07, 6.45) is 3.59. The van der Waals surface area contributed by atoms with Gasteiger partial charge in [0.1, 0.15) is 5.41 Å². The monoisotopic (exact) mass is 316 g/mol. The molecule has 1 unspecified atom stereocenters. The minimum absolute atomic E-state index is 0.0840. The zero-order valence-corrected chi connectivity index (χ0v) is 13.2. The van der Waals surface area contributed by atoms with Crippen LogP contribution in [-0.2, 0) is 28.0 Å². The first-order chi connectivity index (χ1) is 10.9. The smallest absolute Gasteiger partial charge is 0.331 e. The van der Waals surface area contributed by atoms with Crippen molar-refractivity contribution in [2.24, 2.45) is 0 Å². The molecule has 0 fully saturated rings. The summed E-state index contributed by atoms with van der Waals surface area (Å²) in [4.78, 5) is 23.5. The van der Waals surface area contributed by atoms with Crippen molar-refractivity contribution in [2.75, 3.05) is 0 Å². The van der Waals surface area contributed by atoms with E-state index >= 15 is 0 Å². The molecule has 0 aliphatic heterocycles. The molecule has 1 aromatic rings. The first-order valence-corrected chi connectivity index (χ1v) is 7.45. The van der Waals surface area contributed by atoms with Gasteiger partial charge in [0, 0.05) is 12.0 Å². The molecule has 0 heterocycles. The standard InChI is InChI=1S/C18H20O5/c1-3-12-5-4-6-15(14(12)10-19)18(17(22)23)8-7-11(2)13(9-18)16(20)21/h4-8,19H,3,9-10H2,1-2H3,(H,20,21)(H,22,23). The Kier molecular flexibility index (Phi) is 4.71. The number of aryl methyl sites for hydroxylation is 1. The molecule has 0 radical (unpaired) electrons. The van der Waals surface area contributed by atoms with Crippen LogP contribution >= 0.6 is 0 Å². The molecule has 2 rings (SSSR count). The van der Waals surface area contributed by atoms with E-state index in [0.29, 0.717) is 23.1 Å². The van der Waals surface area contributed by atoms with Gasteiger partial charge in [0.2, 0.25) is 0 Å². The van der Waals surface area contributed by atoms with Gasteiger partial charge in [-0.2, -0.15) is 0 Å². The highest BCUT2D eigenvalue weighted by atomic mass is 16.4. The number of aliphatic carboxylic acids is 2. The number of hydrogen-bond donors (Lipinski definition) is 3. The lowest BCUT2D eigenvalue weighted by Gasteiger charge is -2.32. The Morgan fingerprint density at radius 3 is 2.48 bits per heavy atom. The highest BCUT2D eigenvalue weighted by Gasteiger charge is 2.43. The van der Waals surface area contributed by atoms with Crippen LogP contribution < -0.4 is 0 Å². The van der Waals surface area contributed by atoms with E-state index < -0.39 is 17.4 Å². The largest absolute Gasteiger partial charge is 0.480 e. The van der Waals surface area contributed by atoms with Gasteiger partial charge < -0.3 is 15.3 Å². The third-order valence-electron chi connectivity index (χ3n) is 4.48. The fourth-order valence-corrected chi connectivity index (χ4v) is 3.11. The molecular weight excluding hydrogens is 296 g/mol. The fraction of sp³-hybridized carbons (Fsp3) is 0.333. The van der Waals surface area contributed by atoms with Crippen molar-refractivity contribution >= 4 is 11.9 Å². The van der Waals surface area contributed by atoms with Crippen LogP contribution in [0.2, 0.25) is 0 Å². The van der Waals surface area contributed by atoms with E-state index in [0.717, 1.165) is 5.56 Å². The second-order valence-electron chi connectivity index (χ2n) is 5.71. The van der Waals surface area contributed by atoms with Crippen molar-refractivity contribution in [3.63, 3.8) is 0 Å². The molecule has 0 amide bonds. The second kappa shape index (κ2) is 6.38. The predicted octanol–water partition coefficient (Wildman–Crippen LogP) is 2.42. The molecule has 0 saturated carbocycles. The normalized spacial score (nSPS) is 20.7. The van der Waals surface area contributed by atoms with Gasteiger partial charge in [-0.05, 0) is 35.6 Å². The van der Waals surface area contributed by atoms with Crippen LogP contribution in [0.5, 0.6) is 0 Å². The van der Waals surface area contributed by atoms with Crippen molar-refractivity contribution in [1.29, 1.82) is 0 Å². The van der Waals surface area contributed by atoms with E-state index in [2.05, 4.69) is 0 Å². The molecule has 5 heteroatoms. The van der Waals surface area contributed by atoms with Gasteiger partial charge >= 0.3 is 11.9 Å². The highest BCUT2D eigenvalue weighted by molar-refractivity contribution is 5.94. The van der Waals surface area contributed by atoms with E-state index in [9.17, 15) is 24.9 Å². The summed E-state index contributed by atoms with van der Waals surface area (Å²) in [5.41, 5.74) is 1.03. The van der Waals surface area contributed by atoms with E-state index in [-0.39, 0.29) is 18.6 Å². The number of benzene rings is 1. The Labute approximate surface area is 134 Å². The van der Waals surface area contributed by atoms with Gasteiger partial charge in [0.25, 0.3) is 0 Å². The third-order valence-corrected chi connectivity index (χ3v) is 4.48. The lowest BCUT2D eigenvalue weighted by molar-refractivity contribution is -0.142. The summed E-state index contributed by atoms with van der Waals surface area (Å²) in [6, 6.07) is 5.25. The maximum Gasteiger partial charge on any atom is 0.331 e. The summed E-state index contributed by atoms with van der Waals surface area (Å²) in [5, 5.41) is 29.0. The van der Waals surface area contributed by atoms with E-state index in [1.165, 1.54) is 6.08 Å². The number of allylic oxidation sites excluding steroid dienone is 2. The lowest BCUT2D eigenvalue weighted by atomic mass is 9.69. The molecule has 5 nitrogen and oxygen atoms in total. The highest BCUT2D eigenvalue weighted by Crippen LogP contribution is 2.40. The molecule has 0 bridgehead atoms. The van der Waals surface area contributed by atoms with Crippen LogP contribution in [0.3, 0.4) is 0 Å². The first-order valence-electron chi connectivity index (χ1n) is 7.45. The summed E-state index contributed by atoms with van der Waals surface area (Å²) in [5.74, 6) is -2.24. The van der Waals surface area contributed by atoms with Gasteiger partial charge in [-0.3, -0.25) is 4.79 Å². The molecule has 1 aliphatic carbocycles. The lowest BCUT2D eigenvalue weighted by Crippen LogP contribution is -2.38. The van der Waals surface area contributed by atoms with Crippen LogP contribution in [-0.4, -0.2) is 27.3 Å². The summed E-state index contributed by atoms with van der Waals surface area (Å²) < 4.78 is 0. The Bertz CT molecular complexity index is 714. The second-order valence-corrected chi connectivity index (χ2v) is 5.71. The molecule has 1 aromatic carbocycles. The maximum atomic E-state index is 12.1. The van der Waals surface area contributed by atoms with E-state index in [4.69, 9.17) is 0 Å². The average Bonchev–Trinajstić information content (AvgIpc) is 2.54. The Hall–Kier alpha value is -2.40. The number of carboxylic acid groups (broad SMARTS) is 2. The number of hydrogen-bond acceptors (Lipinski definition) is 3. The van der Waals surface area contributed by atoms with Crippen LogP contribution in [0.1, 0.15) is 37.0 Å². The summed E-state index contributed by atoms with van der Waals surface area (Å²) >= 11 is 0. The molecule has 3 N–H and O–H groups in total. The van der Waals surface area contributed by atoms with Gasteiger partial charge in [-0.1, -0.05) is 37.3 Å². The van der Waals surface area contributed by atoms with Crippen LogP contribution in [0.15, 0.2) is 41.5 Å². The minimum atomic E-state index is -1.48. The Morgan fingerprint density at radius 1 is 1.26 bits per heavy atom. The molecule has 1 atom stereocenters. The predicted molar refractivity (Wildman–Crippen MR) is 85.1 cm³/mol. The minimum Gasteiger partial charge on any atom is -0.480 e. The summed E-state index contributed by atoms with van der Waals surface area (Å²) in [6.45, 7) is 3.30. The third kappa shape index (κ3) is 2.80. The molecule has 1 aliphatic rings. The SMILES string of the molecule is CCc1cccc(C2(C(=O)O)C=CC(C)=C(C(=O)O)C2)c1CO. The van der Waals surface area contributed by atoms with Crippen molar-refractivity contribution in [1.82, 2.24) is 0 Å². The number of carbonyl (C=O) groups is 2. The van der Waals surface area contributed by atoms with Gasteiger partial charge in [0.15, 0.2) is 0 Å². The van der Waals surface area contributed by atoms with Crippen molar-refractivity contribution in [3.05, 3.63) is 58.2 Å². The van der Waals surface area contributed by atoms with Crippen LogP contribution in [0.25, 0.3) is 0 Å². The fourth-order valence-electron chi connectivity index (χ4n) is 3.11. The molecule has 0 spiro atoms. The number of aliphatic hydroxyl groups is 1. The number of carboxylic acids is 2. The first kappa shape index (κ1) is 17.0. The van der Waals surface area contributed by atoms with E-state index in [1.54, 1.807) is 25.1 Å². The van der Waals surface area contributed by atoms with Crippen LogP contribution in [0, 0.1) is 0 Å². The zero-order valence-electron chi connectivity index (χ0n) is 13.2. The Balaban J connectivity index is 2.69. The zero-order chi connectivity index (χ0) is 17.2. The molecular formula is C18H20O5. The van der Waals surface area contributed by atoms with E-state index in [1.807, 2.05) is 13.0 Å². The van der Waals surface area contributed by atoms with Gasteiger partial charge in [0.05, 0.1) is 6.61 Å². The number of rotatable bonds is 5. The van der Waals surface area contributed by atoms with Crippen molar-refractivity contribution < 1.29 is 24.9 Å². The molecule has 0 saturated heterocycles. The topological polar surface area (TPSA) is 94.8 Å². The van der Waals surface area contributed by atoms with Crippen LogP contribution in [0.4, 0.5) is 0 Å². The molecule has 23 heavy (non-hydrogen) atoms.